The number of carbonyl (C=O) groups excluding carboxylic acids is 1. The van der Waals surface area contributed by atoms with E-state index in [0.717, 1.165) is 31.6 Å². The van der Waals surface area contributed by atoms with E-state index in [4.69, 9.17) is 5.73 Å². The number of nitrogens with two attached hydrogens (primary N) is 1. The Hall–Kier alpha value is -1.55. The summed E-state index contributed by atoms with van der Waals surface area (Å²) < 4.78 is 0. The van der Waals surface area contributed by atoms with Crippen LogP contribution in [0.2, 0.25) is 0 Å². The number of carbonyl (C=O) groups is 1. The molecule has 4 heteroatoms. The van der Waals surface area contributed by atoms with Crippen molar-refractivity contribution in [3.05, 3.63) is 29.8 Å². The van der Waals surface area contributed by atoms with Crippen LogP contribution in [0, 0.1) is 0 Å². The first-order chi connectivity index (χ1) is 9.60. The second-order valence-corrected chi connectivity index (χ2v) is 6.12. The first kappa shape index (κ1) is 13.4. The summed E-state index contributed by atoms with van der Waals surface area (Å²) in [4.78, 5) is 15.9. The second kappa shape index (κ2) is 5.09. The molecule has 0 spiro atoms. The lowest BCUT2D eigenvalue weighted by Gasteiger charge is -2.37. The first-order valence-corrected chi connectivity index (χ1v) is 7.47. The molecule has 3 rings (SSSR count). The van der Waals surface area contributed by atoms with E-state index in [1.165, 1.54) is 18.4 Å². The minimum absolute atomic E-state index is 0.184. The van der Waals surface area contributed by atoms with E-state index in [1.807, 2.05) is 13.1 Å². The van der Waals surface area contributed by atoms with Crippen LogP contribution in [-0.4, -0.2) is 37.5 Å². The van der Waals surface area contributed by atoms with E-state index in [0.29, 0.717) is 6.54 Å². The molecular weight excluding hydrogens is 250 g/mol. The number of benzene rings is 1. The maximum atomic E-state index is 11.9. The third-order valence-corrected chi connectivity index (χ3v) is 4.73. The molecule has 1 aliphatic heterocycles. The van der Waals surface area contributed by atoms with E-state index in [-0.39, 0.29) is 11.4 Å². The number of amides is 1. The second-order valence-electron chi connectivity index (χ2n) is 6.12. The van der Waals surface area contributed by atoms with Crippen molar-refractivity contribution in [2.45, 2.75) is 31.2 Å². The number of nitrogens with zero attached hydrogens (tertiary/aromatic N) is 2. The van der Waals surface area contributed by atoms with Crippen LogP contribution in [0.25, 0.3) is 0 Å². The summed E-state index contributed by atoms with van der Waals surface area (Å²) in [6.45, 7) is 2.13. The van der Waals surface area contributed by atoms with E-state index < -0.39 is 0 Å². The molecule has 1 saturated carbocycles. The summed E-state index contributed by atoms with van der Waals surface area (Å²) in [7, 11) is 1.87. The lowest BCUT2D eigenvalue weighted by molar-refractivity contribution is -0.129. The highest BCUT2D eigenvalue weighted by Gasteiger charge is 2.35. The molecule has 1 saturated heterocycles. The molecule has 1 amide bonds. The molecule has 0 unspecified atom stereocenters. The lowest BCUT2D eigenvalue weighted by atomic mass is 9.87. The summed E-state index contributed by atoms with van der Waals surface area (Å²) in [5.41, 5.74) is 8.79. The molecule has 2 N–H and O–H groups in total. The molecule has 0 radical (unpaired) electrons. The molecule has 1 heterocycles. The Morgan fingerprint density at radius 2 is 1.85 bits per heavy atom. The molecule has 108 valence electrons. The van der Waals surface area contributed by atoms with Gasteiger partial charge in [0.2, 0.25) is 5.91 Å². The molecule has 1 aromatic rings. The average Bonchev–Trinajstić information content (AvgIpc) is 2.90. The number of anilines is 1. The topological polar surface area (TPSA) is 49.6 Å². The first-order valence-electron chi connectivity index (χ1n) is 7.47. The molecule has 4 nitrogen and oxygen atoms in total. The third kappa shape index (κ3) is 2.29. The maximum Gasteiger partial charge on any atom is 0.241 e. The van der Waals surface area contributed by atoms with Gasteiger partial charge in [-0.1, -0.05) is 31.0 Å². The Morgan fingerprint density at radius 1 is 1.15 bits per heavy atom. The van der Waals surface area contributed by atoms with Crippen molar-refractivity contribution in [2.75, 3.05) is 31.6 Å². The Kier molecular flexibility index (Phi) is 3.42. The SMILES string of the molecule is CN1CCN(c2ccccc2C2(N)CCCC2)CC1=O. The van der Waals surface area contributed by atoms with Gasteiger partial charge in [-0.2, -0.15) is 0 Å². The number of para-hydroxylation sites is 1. The largest absolute Gasteiger partial charge is 0.360 e. The van der Waals surface area contributed by atoms with E-state index in [1.54, 1.807) is 4.90 Å². The Labute approximate surface area is 120 Å². The fourth-order valence-corrected chi connectivity index (χ4v) is 3.41. The van der Waals surface area contributed by atoms with Crippen molar-refractivity contribution in [3.63, 3.8) is 0 Å². The van der Waals surface area contributed by atoms with Gasteiger partial charge in [-0.15, -0.1) is 0 Å². The van der Waals surface area contributed by atoms with Gasteiger partial charge in [-0.25, -0.2) is 0 Å². The van der Waals surface area contributed by atoms with Gasteiger partial charge in [0, 0.05) is 31.4 Å². The van der Waals surface area contributed by atoms with E-state index in [2.05, 4.69) is 23.1 Å². The minimum atomic E-state index is -0.205. The van der Waals surface area contributed by atoms with Gasteiger partial charge < -0.3 is 15.5 Å². The highest BCUT2D eigenvalue weighted by molar-refractivity contribution is 5.83. The molecule has 2 aliphatic rings. The number of piperazine rings is 1. The summed E-state index contributed by atoms with van der Waals surface area (Å²) in [6.07, 6.45) is 4.50. The van der Waals surface area contributed by atoms with Crippen molar-refractivity contribution in [2.24, 2.45) is 5.73 Å². The van der Waals surface area contributed by atoms with Gasteiger partial charge in [-0.05, 0) is 24.5 Å². The van der Waals surface area contributed by atoms with Gasteiger partial charge in [0.05, 0.1) is 6.54 Å². The molecule has 0 atom stereocenters. The van der Waals surface area contributed by atoms with Crippen molar-refractivity contribution in [3.8, 4) is 0 Å². The van der Waals surface area contributed by atoms with Gasteiger partial charge >= 0.3 is 0 Å². The zero-order valence-corrected chi connectivity index (χ0v) is 12.1. The van der Waals surface area contributed by atoms with E-state index in [9.17, 15) is 4.79 Å². The minimum Gasteiger partial charge on any atom is -0.360 e. The van der Waals surface area contributed by atoms with Gasteiger partial charge in [0.1, 0.15) is 0 Å². The van der Waals surface area contributed by atoms with Crippen LogP contribution in [0.4, 0.5) is 5.69 Å². The summed E-state index contributed by atoms with van der Waals surface area (Å²) >= 11 is 0. The Morgan fingerprint density at radius 3 is 2.55 bits per heavy atom. The summed E-state index contributed by atoms with van der Waals surface area (Å²) in [5, 5.41) is 0. The Balaban J connectivity index is 1.92. The van der Waals surface area contributed by atoms with Gasteiger partial charge in [0.25, 0.3) is 0 Å². The van der Waals surface area contributed by atoms with Gasteiger partial charge in [-0.3, -0.25) is 4.79 Å². The summed E-state index contributed by atoms with van der Waals surface area (Å²) in [5.74, 6) is 0.184. The number of hydrogen-bond donors (Lipinski definition) is 1. The predicted molar refractivity (Wildman–Crippen MR) is 80.6 cm³/mol. The van der Waals surface area contributed by atoms with Crippen molar-refractivity contribution in [1.29, 1.82) is 0 Å². The average molecular weight is 273 g/mol. The zero-order chi connectivity index (χ0) is 14.2. The van der Waals surface area contributed by atoms with Crippen LogP contribution in [-0.2, 0) is 10.3 Å². The molecule has 2 fully saturated rings. The molecular formula is C16H23N3O. The fraction of sp³-hybridized carbons (Fsp3) is 0.562. The number of hydrogen-bond acceptors (Lipinski definition) is 3. The maximum absolute atomic E-state index is 11.9. The van der Waals surface area contributed by atoms with Crippen molar-refractivity contribution < 1.29 is 4.79 Å². The summed E-state index contributed by atoms with van der Waals surface area (Å²) in [6, 6.07) is 8.36. The highest BCUT2D eigenvalue weighted by atomic mass is 16.2. The monoisotopic (exact) mass is 273 g/mol. The highest BCUT2D eigenvalue weighted by Crippen LogP contribution is 2.40. The Bertz CT molecular complexity index is 508. The molecule has 0 bridgehead atoms. The van der Waals surface area contributed by atoms with Crippen LogP contribution in [0.15, 0.2) is 24.3 Å². The molecule has 0 aromatic heterocycles. The quantitative estimate of drug-likeness (QED) is 0.892. The van der Waals surface area contributed by atoms with Crippen LogP contribution in [0.5, 0.6) is 0 Å². The smallest absolute Gasteiger partial charge is 0.241 e. The standard InChI is InChI=1S/C16H23N3O/c1-18-10-11-19(12-15(18)20)14-7-3-2-6-13(14)16(17)8-4-5-9-16/h2-3,6-7H,4-5,8-12,17H2,1H3. The predicted octanol–water partition coefficient (Wildman–Crippen LogP) is 1.69. The lowest BCUT2D eigenvalue weighted by Crippen LogP contribution is -2.49. The number of likely N-dealkylation sites (N-methyl/N-ethyl adjacent to an activating group) is 1. The zero-order valence-electron chi connectivity index (χ0n) is 12.1. The van der Waals surface area contributed by atoms with Crippen LogP contribution >= 0.6 is 0 Å². The third-order valence-electron chi connectivity index (χ3n) is 4.73. The molecule has 1 aliphatic carbocycles. The number of rotatable bonds is 2. The van der Waals surface area contributed by atoms with Crippen molar-refractivity contribution in [1.82, 2.24) is 4.90 Å². The van der Waals surface area contributed by atoms with Crippen LogP contribution in [0.3, 0.4) is 0 Å². The van der Waals surface area contributed by atoms with E-state index >= 15 is 0 Å². The van der Waals surface area contributed by atoms with Crippen LogP contribution < -0.4 is 10.6 Å². The molecule has 20 heavy (non-hydrogen) atoms. The fourth-order valence-electron chi connectivity index (χ4n) is 3.41. The molecule has 1 aromatic carbocycles. The normalized spacial score (nSPS) is 22.4. The van der Waals surface area contributed by atoms with Crippen LogP contribution in [0.1, 0.15) is 31.2 Å². The van der Waals surface area contributed by atoms with Crippen molar-refractivity contribution >= 4 is 11.6 Å². The van der Waals surface area contributed by atoms with Gasteiger partial charge in [0.15, 0.2) is 0 Å².